The molecule has 0 spiro atoms. The number of ether oxygens (including phenoxy) is 2. The Labute approximate surface area is 181 Å². The number of allylic oxidation sites excluding steroid dienone is 1. The normalized spacial score (nSPS) is 10.7. The van der Waals surface area contributed by atoms with Gasteiger partial charge in [-0.05, 0) is 76.1 Å². The number of hydrogen-bond donors (Lipinski definition) is 0. The Bertz CT molecular complexity index is 1070. The van der Waals surface area contributed by atoms with Gasteiger partial charge in [0.1, 0.15) is 0 Å². The number of carbonyl (C=O) groups is 2. The fourth-order valence-corrected chi connectivity index (χ4v) is 3.11. The van der Waals surface area contributed by atoms with E-state index in [1.807, 2.05) is 6.07 Å². The smallest absolute Gasteiger partial charge is 0.344 e. The monoisotopic (exact) mass is 470 g/mol. The molecule has 0 atom stereocenters. The van der Waals surface area contributed by atoms with Gasteiger partial charge < -0.3 is 9.47 Å². The van der Waals surface area contributed by atoms with Gasteiger partial charge in [-0.15, -0.1) is 0 Å². The lowest BCUT2D eigenvalue weighted by Crippen LogP contribution is -2.10. The van der Waals surface area contributed by atoms with Crippen molar-refractivity contribution in [2.45, 2.75) is 0 Å². The Hall–Kier alpha value is -2.89. The summed E-state index contributed by atoms with van der Waals surface area (Å²) in [5.41, 5.74) is 1.67. The summed E-state index contributed by atoms with van der Waals surface area (Å²) in [6, 6.07) is 18.7. The summed E-state index contributed by atoms with van der Waals surface area (Å²) in [5, 5.41) is 0.572. The number of esters is 1. The summed E-state index contributed by atoms with van der Waals surface area (Å²) in [5.74, 6) is 0.0166. The van der Waals surface area contributed by atoms with E-state index in [4.69, 9.17) is 21.1 Å². The number of rotatable bonds is 6. The van der Waals surface area contributed by atoms with Gasteiger partial charge in [0.25, 0.3) is 0 Å². The number of ketones is 1. The van der Waals surface area contributed by atoms with Crippen LogP contribution in [0.5, 0.6) is 11.5 Å². The molecule has 0 aliphatic carbocycles. The minimum absolute atomic E-state index is 0.148. The van der Waals surface area contributed by atoms with Gasteiger partial charge in [0.15, 0.2) is 17.3 Å². The van der Waals surface area contributed by atoms with E-state index in [0.717, 1.165) is 5.56 Å². The molecule has 0 N–H and O–H groups in total. The van der Waals surface area contributed by atoms with Crippen LogP contribution < -0.4 is 9.47 Å². The Kier molecular flexibility index (Phi) is 6.86. The van der Waals surface area contributed by atoms with E-state index < -0.39 is 5.97 Å². The lowest BCUT2D eigenvalue weighted by molar-refractivity contribution is 0.0728. The first-order valence-corrected chi connectivity index (χ1v) is 9.78. The molecule has 3 aromatic carbocycles. The van der Waals surface area contributed by atoms with Crippen molar-refractivity contribution in [2.24, 2.45) is 0 Å². The van der Waals surface area contributed by atoms with Crippen LogP contribution in [0.3, 0.4) is 0 Å². The Balaban J connectivity index is 1.76. The summed E-state index contributed by atoms with van der Waals surface area (Å²) in [7, 11) is 1.48. The minimum atomic E-state index is -0.503. The van der Waals surface area contributed by atoms with Crippen molar-refractivity contribution < 1.29 is 19.1 Å². The Morgan fingerprint density at radius 1 is 0.966 bits per heavy atom. The average molecular weight is 472 g/mol. The topological polar surface area (TPSA) is 52.6 Å². The van der Waals surface area contributed by atoms with Crippen molar-refractivity contribution in [1.82, 2.24) is 0 Å². The third-order valence-corrected chi connectivity index (χ3v) is 4.98. The molecule has 6 heteroatoms. The van der Waals surface area contributed by atoms with Crippen LogP contribution in [0.1, 0.15) is 26.3 Å². The van der Waals surface area contributed by atoms with E-state index in [0.29, 0.717) is 26.4 Å². The molecular weight excluding hydrogens is 456 g/mol. The highest BCUT2D eigenvalue weighted by atomic mass is 79.9. The summed E-state index contributed by atoms with van der Waals surface area (Å²) >= 11 is 9.17. The second kappa shape index (κ2) is 9.54. The van der Waals surface area contributed by atoms with Crippen LogP contribution in [0.2, 0.25) is 5.02 Å². The van der Waals surface area contributed by atoms with Gasteiger partial charge >= 0.3 is 5.97 Å². The van der Waals surface area contributed by atoms with Crippen LogP contribution in [0, 0.1) is 0 Å². The molecule has 4 nitrogen and oxygen atoms in total. The fraction of sp³-hybridized carbons (Fsp3) is 0.0435. The maximum Gasteiger partial charge on any atom is 0.344 e. The van der Waals surface area contributed by atoms with Crippen LogP contribution in [0.4, 0.5) is 0 Å². The molecule has 0 unspecified atom stereocenters. The Morgan fingerprint density at radius 3 is 2.38 bits per heavy atom. The maximum absolute atomic E-state index is 12.4. The molecule has 0 bridgehead atoms. The number of methoxy groups -OCH3 is 1. The summed E-state index contributed by atoms with van der Waals surface area (Å²) in [6.07, 6.45) is 3.13. The number of benzene rings is 3. The third kappa shape index (κ3) is 5.34. The second-order valence-corrected chi connectivity index (χ2v) is 7.27. The average Bonchev–Trinajstić information content (AvgIpc) is 2.73. The van der Waals surface area contributed by atoms with Crippen molar-refractivity contribution in [3.05, 3.63) is 99.0 Å². The predicted octanol–water partition coefficient (Wildman–Crippen LogP) is 6.23. The molecular formula is C23H16BrClO4. The van der Waals surface area contributed by atoms with Gasteiger partial charge in [-0.2, -0.15) is 0 Å². The van der Waals surface area contributed by atoms with Crippen molar-refractivity contribution in [1.29, 1.82) is 0 Å². The molecule has 0 aromatic heterocycles. The summed E-state index contributed by atoms with van der Waals surface area (Å²) in [4.78, 5) is 24.7. The van der Waals surface area contributed by atoms with E-state index in [9.17, 15) is 9.59 Å². The summed E-state index contributed by atoms with van der Waals surface area (Å²) < 4.78 is 11.4. The number of halogens is 2. The molecule has 0 radical (unpaired) electrons. The molecule has 3 rings (SSSR count). The lowest BCUT2D eigenvalue weighted by Gasteiger charge is -2.10. The van der Waals surface area contributed by atoms with Gasteiger partial charge in [-0.3, -0.25) is 4.79 Å². The minimum Gasteiger partial charge on any atom is -0.493 e. The third-order valence-electron chi connectivity index (χ3n) is 4.04. The zero-order valence-corrected chi connectivity index (χ0v) is 17.7. The highest BCUT2D eigenvalue weighted by Crippen LogP contribution is 2.30. The molecule has 0 heterocycles. The molecule has 3 aromatic rings. The van der Waals surface area contributed by atoms with Crippen LogP contribution >= 0.6 is 27.5 Å². The van der Waals surface area contributed by atoms with Crippen molar-refractivity contribution >= 4 is 45.4 Å². The first kappa shape index (κ1) is 20.8. The van der Waals surface area contributed by atoms with E-state index in [1.165, 1.54) is 13.2 Å². The van der Waals surface area contributed by atoms with E-state index in [-0.39, 0.29) is 11.5 Å². The highest BCUT2D eigenvalue weighted by molar-refractivity contribution is 9.10. The molecule has 0 fully saturated rings. The zero-order valence-electron chi connectivity index (χ0n) is 15.4. The van der Waals surface area contributed by atoms with Crippen LogP contribution in [-0.2, 0) is 0 Å². The molecule has 146 valence electrons. The van der Waals surface area contributed by atoms with Crippen LogP contribution in [-0.4, -0.2) is 18.9 Å². The van der Waals surface area contributed by atoms with Crippen LogP contribution in [0.25, 0.3) is 6.08 Å². The van der Waals surface area contributed by atoms with Crippen molar-refractivity contribution in [3.8, 4) is 11.5 Å². The molecule has 0 aliphatic heterocycles. The highest BCUT2D eigenvalue weighted by Gasteiger charge is 2.15. The Morgan fingerprint density at radius 2 is 1.69 bits per heavy atom. The zero-order chi connectivity index (χ0) is 20.8. The molecule has 0 aliphatic rings. The quantitative estimate of drug-likeness (QED) is 0.185. The van der Waals surface area contributed by atoms with E-state index >= 15 is 0 Å². The van der Waals surface area contributed by atoms with Gasteiger partial charge in [0.05, 0.1) is 12.7 Å². The van der Waals surface area contributed by atoms with Gasteiger partial charge in [-0.1, -0.05) is 35.9 Å². The van der Waals surface area contributed by atoms with Gasteiger partial charge in [-0.25, -0.2) is 4.79 Å². The largest absolute Gasteiger partial charge is 0.493 e. The second-order valence-electron chi connectivity index (χ2n) is 5.98. The number of carbonyl (C=O) groups excluding carboxylic acids is 2. The fourth-order valence-electron chi connectivity index (χ4n) is 2.54. The van der Waals surface area contributed by atoms with Crippen molar-refractivity contribution in [2.75, 3.05) is 7.11 Å². The van der Waals surface area contributed by atoms with Crippen LogP contribution in [0.15, 0.2) is 77.3 Å². The standard InChI is InChI=1S/C23H16BrClO4/c1-28-22-14-15(6-12-20(26)16-8-10-17(25)11-9-16)7-13-21(22)29-23(27)18-4-2-3-5-19(18)24/h2-14H,1H3. The van der Waals surface area contributed by atoms with Crippen molar-refractivity contribution in [3.63, 3.8) is 0 Å². The first-order valence-electron chi connectivity index (χ1n) is 8.60. The lowest BCUT2D eigenvalue weighted by atomic mass is 10.1. The van der Waals surface area contributed by atoms with E-state index in [2.05, 4.69) is 15.9 Å². The van der Waals surface area contributed by atoms with Gasteiger partial charge in [0, 0.05) is 15.1 Å². The summed E-state index contributed by atoms with van der Waals surface area (Å²) in [6.45, 7) is 0. The number of hydrogen-bond acceptors (Lipinski definition) is 4. The molecule has 0 amide bonds. The molecule has 0 saturated heterocycles. The maximum atomic E-state index is 12.4. The predicted molar refractivity (Wildman–Crippen MR) is 117 cm³/mol. The van der Waals surface area contributed by atoms with Gasteiger partial charge in [0.2, 0.25) is 0 Å². The van der Waals surface area contributed by atoms with E-state index in [1.54, 1.807) is 66.7 Å². The molecule has 0 saturated carbocycles. The SMILES string of the molecule is COc1cc(C=CC(=O)c2ccc(Cl)cc2)ccc1OC(=O)c1ccccc1Br. The molecule has 29 heavy (non-hydrogen) atoms. The first-order chi connectivity index (χ1) is 14.0.